The highest BCUT2D eigenvalue weighted by atomic mass is 15.1. The predicted molar refractivity (Wildman–Crippen MR) is 60.7 cm³/mol. The Balaban J connectivity index is 1.77. The third-order valence-electron chi connectivity index (χ3n) is 3.48. The van der Waals surface area contributed by atoms with E-state index in [0.717, 1.165) is 12.5 Å². The lowest BCUT2D eigenvalue weighted by atomic mass is 10.1. The van der Waals surface area contributed by atoms with Gasteiger partial charge in [0.2, 0.25) is 0 Å². The van der Waals surface area contributed by atoms with E-state index in [1.807, 2.05) is 6.20 Å². The van der Waals surface area contributed by atoms with Crippen LogP contribution in [0.25, 0.3) is 0 Å². The second-order valence-electron chi connectivity index (χ2n) is 4.81. The van der Waals surface area contributed by atoms with Crippen molar-refractivity contribution in [3.63, 3.8) is 0 Å². The van der Waals surface area contributed by atoms with E-state index in [4.69, 9.17) is 0 Å². The van der Waals surface area contributed by atoms with E-state index in [1.54, 1.807) is 0 Å². The molecule has 0 amide bonds. The average Bonchev–Trinajstić information content (AvgIpc) is 2.99. The molecular weight excluding hydrogens is 184 g/mol. The minimum atomic E-state index is 0.781. The monoisotopic (exact) mass is 202 g/mol. The Kier molecular flexibility index (Phi) is 2.45. The summed E-state index contributed by atoms with van der Waals surface area (Å²) in [7, 11) is 0. The van der Waals surface area contributed by atoms with Gasteiger partial charge in [-0.15, -0.1) is 0 Å². The molecule has 1 aliphatic heterocycles. The third-order valence-corrected chi connectivity index (χ3v) is 3.48. The molecule has 0 aromatic carbocycles. The zero-order chi connectivity index (χ0) is 10.1. The molecule has 1 aliphatic carbocycles. The Morgan fingerprint density at radius 1 is 1.27 bits per heavy atom. The molecule has 0 radical (unpaired) electrons. The Morgan fingerprint density at radius 3 is 2.80 bits per heavy atom. The van der Waals surface area contributed by atoms with Crippen LogP contribution < -0.4 is 0 Å². The van der Waals surface area contributed by atoms with Crippen molar-refractivity contribution in [2.75, 3.05) is 13.1 Å². The van der Waals surface area contributed by atoms with Crippen LogP contribution in [0.1, 0.15) is 42.9 Å². The van der Waals surface area contributed by atoms with Crippen molar-refractivity contribution in [3.8, 4) is 0 Å². The van der Waals surface area contributed by atoms with E-state index < -0.39 is 0 Å². The molecule has 2 heterocycles. The minimum Gasteiger partial charge on any atom is -0.299 e. The zero-order valence-electron chi connectivity index (χ0n) is 9.15. The quantitative estimate of drug-likeness (QED) is 0.749. The standard InChI is InChI=1S/C13H18N2/c1-2-9-15(8-1)10-12-4-3-7-14-13(12)11-5-6-11/h3-4,7,11H,1-2,5-6,8-10H2. The molecule has 1 saturated heterocycles. The van der Waals surface area contributed by atoms with Gasteiger partial charge in [-0.2, -0.15) is 0 Å². The molecule has 80 valence electrons. The van der Waals surface area contributed by atoms with E-state index >= 15 is 0 Å². The van der Waals surface area contributed by atoms with E-state index in [1.165, 1.54) is 50.0 Å². The molecular formula is C13H18N2. The normalized spacial score (nSPS) is 22.1. The Bertz CT molecular complexity index is 338. The van der Waals surface area contributed by atoms with Gasteiger partial charge >= 0.3 is 0 Å². The molecule has 3 rings (SSSR count). The minimum absolute atomic E-state index is 0.781. The number of likely N-dealkylation sites (tertiary alicyclic amines) is 1. The fraction of sp³-hybridized carbons (Fsp3) is 0.615. The van der Waals surface area contributed by atoms with Gasteiger partial charge in [0.1, 0.15) is 0 Å². The van der Waals surface area contributed by atoms with Crippen molar-refractivity contribution >= 4 is 0 Å². The van der Waals surface area contributed by atoms with E-state index in [2.05, 4.69) is 22.0 Å². The van der Waals surface area contributed by atoms with Crippen molar-refractivity contribution in [2.45, 2.75) is 38.1 Å². The van der Waals surface area contributed by atoms with Gasteiger partial charge in [0, 0.05) is 24.4 Å². The first-order chi connectivity index (χ1) is 7.43. The fourth-order valence-electron chi connectivity index (χ4n) is 2.49. The van der Waals surface area contributed by atoms with Gasteiger partial charge < -0.3 is 0 Å². The third kappa shape index (κ3) is 2.05. The summed E-state index contributed by atoms with van der Waals surface area (Å²) < 4.78 is 0. The van der Waals surface area contributed by atoms with Crippen LogP contribution in [0.2, 0.25) is 0 Å². The summed E-state index contributed by atoms with van der Waals surface area (Å²) in [4.78, 5) is 7.11. The molecule has 15 heavy (non-hydrogen) atoms. The summed E-state index contributed by atoms with van der Waals surface area (Å²) in [5.74, 6) is 0.781. The zero-order valence-corrected chi connectivity index (χ0v) is 9.15. The molecule has 1 aromatic heterocycles. The molecule has 2 fully saturated rings. The summed E-state index contributed by atoms with van der Waals surface area (Å²) in [6.45, 7) is 3.68. The highest BCUT2D eigenvalue weighted by molar-refractivity contribution is 5.26. The molecule has 1 saturated carbocycles. The van der Waals surface area contributed by atoms with Crippen molar-refractivity contribution in [1.82, 2.24) is 9.88 Å². The Hall–Kier alpha value is -0.890. The van der Waals surface area contributed by atoms with Gasteiger partial charge in [-0.1, -0.05) is 6.07 Å². The van der Waals surface area contributed by atoms with Crippen LogP contribution in [0, 0.1) is 0 Å². The molecule has 0 spiro atoms. The molecule has 2 nitrogen and oxygen atoms in total. The summed E-state index contributed by atoms with van der Waals surface area (Å²) in [5, 5.41) is 0. The lowest BCUT2D eigenvalue weighted by Gasteiger charge is -2.16. The van der Waals surface area contributed by atoms with Crippen molar-refractivity contribution in [3.05, 3.63) is 29.6 Å². The number of hydrogen-bond donors (Lipinski definition) is 0. The number of hydrogen-bond acceptors (Lipinski definition) is 2. The maximum Gasteiger partial charge on any atom is 0.0479 e. The largest absolute Gasteiger partial charge is 0.299 e. The molecule has 2 heteroatoms. The maximum absolute atomic E-state index is 4.56. The first kappa shape index (κ1) is 9.34. The molecule has 1 aromatic rings. The highest BCUT2D eigenvalue weighted by Gasteiger charge is 2.27. The number of nitrogens with zero attached hydrogens (tertiary/aromatic N) is 2. The second-order valence-corrected chi connectivity index (χ2v) is 4.81. The van der Waals surface area contributed by atoms with Gasteiger partial charge in [0.25, 0.3) is 0 Å². The lowest BCUT2D eigenvalue weighted by molar-refractivity contribution is 0.329. The molecule has 0 unspecified atom stereocenters. The molecule has 2 aliphatic rings. The Morgan fingerprint density at radius 2 is 2.07 bits per heavy atom. The van der Waals surface area contributed by atoms with Gasteiger partial charge in [0.05, 0.1) is 0 Å². The fourth-order valence-corrected chi connectivity index (χ4v) is 2.49. The molecule has 0 atom stereocenters. The lowest BCUT2D eigenvalue weighted by Crippen LogP contribution is -2.19. The number of rotatable bonds is 3. The van der Waals surface area contributed by atoms with Crippen LogP contribution in [0.4, 0.5) is 0 Å². The SMILES string of the molecule is c1cnc(C2CC2)c(CN2CCCC2)c1. The van der Waals surface area contributed by atoms with Crippen molar-refractivity contribution in [2.24, 2.45) is 0 Å². The van der Waals surface area contributed by atoms with Crippen molar-refractivity contribution in [1.29, 1.82) is 0 Å². The van der Waals surface area contributed by atoms with Gasteiger partial charge in [0.15, 0.2) is 0 Å². The van der Waals surface area contributed by atoms with Gasteiger partial charge in [-0.25, -0.2) is 0 Å². The molecule has 0 N–H and O–H groups in total. The predicted octanol–water partition coefficient (Wildman–Crippen LogP) is 2.55. The second kappa shape index (κ2) is 3.93. The summed E-state index contributed by atoms with van der Waals surface area (Å²) in [5.41, 5.74) is 2.85. The van der Waals surface area contributed by atoms with Gasteiger partial charge in [-0.05, 0) is 50.4 Å². The first-order valence-electron chi connectivity index (χ1n) is 6.09. The van der Waals surface area contributed by atoms with Gasteiger partial charge in [-0.3, -0.25) is 9.88 Å². The average molecular weight is 202 g/mol. The van der Waals surface area contributed by atoms with Crippen LogP contribution in [0.15, 0.2) is 18.3 Å². The highest BCUT2D eigenvalue weighted by Crippen LogP contribution is 2.40. The van der Waals surface area contributed by atoms with E-state index in [9.17, 15) is 0 Å². The van der Waals surface area contributed by atoms with E-state index in [-0.39, 0.29) is 0 Å². The first-order valence-corrected chi connectivity index (χ1v) is 6.09. The number of aromatic nitrogens is 1. The van der Waals surface area contributed by atoms with E-state index in [0.29, 0.717) is 0 Å². The van der Waals surface area contributed by atoms with Crippen LogP contribution in [-0.2, 0) is 6.54 Å². The summed E-state index contributed by atoms with van der Waals surface area (Å²) in [6.07, 6.45) is 7.40. The van der Waals surface area contributed by atoms with Crippen LogP contribution in [-0.4, -0.2) is 23.0 Å². The topological polar surface area (TPSA) is 16.1 Å². The van der Waals surface area contributed by atoms with Crippen molar-refractivity contribution < 1.29 is 0 Å². The van der Waals surface area contributed by atoms with Crippen LogP contribution in [0.3, 0.4) is 0 Å². The van der Waals surface area contributed by atoms with Crippen LogP contribution >= 0.6 is 0 Å². The number of pyridine rings is 1. The summed E-state index contributed by atoms with van der Waals surface area (Å²) >= 11 is 0. The summed E-state index contributed by atoms with van der Waals surface area (Å²) in [6, 6.07) is 4.34. The van der Waals surface area contributed by atoms with Crippen LogP contribution in [0.5, 0.6) is 0 Å². The maximum atomic E-state index is 4.56. The molecule has 0 bridgehead atoms. The Labute approximate surface area is 91.3 Å². The smallest absolute Gasteiger partial charge is 0.0479 e.